The molecule has 0 saturated carbocycles. The van der Waals surface area contributed by atoms with Crippen LogP contribution in [0.1, 0.15) is 19.3 Å². The average Bonchev–Trinajstić information content (AvgIpc) is 2.42. The Balaban J connectivity index is 2.48. The largest absolute Gasteiger partial charge is 0.481 e. The van der Waals surface area contributed by atoms with Crippen LogP contribution in [-0.4, -0.2) is 45.1 Å². The van der Waals surface area contributed by atoms with Crippen LogP contribution in [0.4, 0.5) is 0 Å². The maximum Gasteiger partial charge on any atom is 0.333 e. The van der Waals surface area contributed by atoms with E-state index in [1.165, 1.54) is 0 Å². The van der Waals surface area contributed by atoms with Crippen molar-refractivity contribution in [2.45, 2.75) is 25.4 Å². The van der Waals surface area contributed by atoms with Crippen molar-refractivity contribution in [2.75, 3.05) is 0 Å². The van der Waals surface area contributed by atoms with Crippen LogP contribution in [-0.2, 0) is 24.0 Å². The lowest BCUT2D eigenvalue weighted by molar-refractivity contribution is -0.199. The summed E-state index contributed by atoms with van der Waals surface area (Å²) in [6, 6.07) is 0. The number of aliphatic carboxylic acids is 1. The predicted octanol–water partition coefficient (Wildman–Crippen LogP) is -1.57. The number of hydrogen-bond donors (Lipinski definition) is 2. The van der Waals surface area contributed by atoms with Gasteiger partial charge in [0.15, 0.2) is 0 Å². The lowest BCUT2D eigenvalue weighted by Crippen LogP contribution is -2.34. The number of hydroxylamine groups is 2. The fourth-order valence-corrected chi connectivity index (χ4v) is 1.05. The highest BCUT2D eigenvalue weighted by Crippen LogP contribution is 2.13. The van der Waals surface area contributed by atoms with Gasteiger partial charge in [-0.2, -0.15) is 0 Å². The number of amides is 2. The van der Waals surface area contributed by atoms with Crippen molar-refractivity contribution in [3.05, 3.63) is 0 Å². The summed E-state index contributed by atoms with van der Waals surface area (Å²) in [7, 11) is 0. The highest BCUT2D eigenvalue weighted by Gasteiger charge is 2.40. The van der Waals surface area contributed by atoms with Gasteiger partial charge in [-0.15, -0.1) is 0 Å². The van der Waals surface area contributed by atoms with E-state index in [2.05, 4.69) is 4.84 Å². The number of imide groups is 1. The second-order valence-corrected chi connectivity index (χ2v) is 3.10. The van der Waals surface area contributed by atoms with E-state index in [4.69, 9.17) is 10.2 Å². The van der Waals surface area contributed by atoms with E-state index < -0.39 is 49.1 Å². The first-order valence-electron chi connectivity index (χ1n) is 4.39. The van der Waals surface area contributed by atoms with E-state index in [1.807, 2.05) is 0 Å². The van der Waals surface area contributed by atoms with Crippen molar-refractivity contribution in [1.29, 1.82) is 0 Å². The summed E-state index contributed by atoms with van der Waals surface area (Å²) >= 11 is 0. The highest BCUT2D eigenvalue weighted by molar-refractivity contribution is 6.04. The Hall–Kier alpha value is -1.96. The van der Waals surface area contributed by atoms with E-state index in [-0.39, 0.29) is 5.06 Å². The zero-order valence-electron chi connectivity index (χ0n) is 8.08. The summed E-state index contributed by atoms with van der Waals surface area (Å²) in [4.78, 5) is 47.5. The first-order valence-corrected chi connectivity index (χ1v) is 4.39. The molecule has 8 nitrogen and oxygen atoms in total. The van der Waals surface area contributed by atoms with Gasteiger partial charge in [-0.1, -0.05) is 5.06 Å². The van der Waals surface area contributed by atoms with Crippen LogP contribution in [0.2, 0.25) is 0 Å². The van der Waals surface area contributed by atoms with Gasteiger partial charge in [0.25, 0.3) is 11.8 Å². The summed E-state index contributed by atoms with van der Waals surface area (Å²) in [5.74, 6) is -4.07. The second-order valence-electron chi connectivity index (χ2n) is 3.10. The van der Waals surface area contributed by atoms with Crippen LogP contribution in [0, 0.1) is 0 Å². The first kappa shape index (κ1) is 12.1. The van der Waals surface area contributed by atoms with Gasteiger partial charge in [0, 0.05) is 0 Å². The number of nitrogens with zero attached hydrogens (tertiary/aromatic N) is 1. The summed E-state index contributed by atoms with van der Waals surface area (Å²) in [5.41, 5.74) is 0. The van der Waals surface area contributed by atoms with E-state index in [0.717, 1.165) is 0 Å². The van der Waals surface area contributed by atoms with Gasteiger partial charge in [0.2, 0.25) is 0 Å². The number of aliphatic hydroxyl groups excluding tert-OH is 1. The van der Waals surface area contributed by atoms with Crippen molar-refractivity contribution < 1.29 is 34.2 Å². The van der Waals surface area contributed by atoms with Gasteiger partial charge in [0.05, 0.1) is 19.3 Å². The molecule has 2 N–H and O–H groups in total. The van der Waals surface area contributed by atoms with E-state index in [0.29, 0.717) is 0 Å². The lowest BCUT2D eigenvalue weighted by atomic mass is 10.3. The Labute approximate surface area is 89.3 Å². The topological polar surface area (TPSA) is 121 Å². The lowest BCUT2D eigenvalue weighted by Gasteiger charge is -2.11. The minimum Gasteiger partial charge on any atom is -0.481 e. The molecule has 88 valence electrons. The number of hydrogen-bond acceptors (Lipinski definition) is 6. The van der Waals surface area contributed by atoms with Gasteiger partial charge < -0.3 is 15.1 Å². The molecule has 8 heteroatoms. The normalized spacial score (nSPS) is 20.1. The molecule has 16 heavy (non-hydrogen) atoms. The number of aliphatic hydroxyl groups is 1. The molecule has 2 amide bonds. The van der Waals surface area contributed by atoms with Crippen molar-refractivity contribution in [3.8, 4) is 0 Å². The highest BCUT2D eigenvalue weighted by atomic mass is 16.7. The fourth-order valence-electron chi connectivity index (χ4n) is 1.05. The number of carbonyl (C=O) groups excluding carboxylic acids is 3. The van der Waals surface area contributed by atoms with Crippen molar-refractivity contribution >= 4 is 23.8 Å². The third-order valence-corrected chi connectivity index (χ3v) is 1.82. The quantitative estimate of drug-likeness (QED) is 0.560. The first-order chi connectivity index (χ1) is 7.41. The molecule has 0 aromatic rings. The van der Waals surface area contributed by atoms with Gasteiger partial charge in [-0.05, 0) is 0 Å². The summed E-state index contributed by atoms with van der Waals surface area (Å²) in [6.07, 6.45) is -2.86. The third kappa shape index (κ3) is 2.76. The molecule has 0 aliphatic carbocycles. The molecule has 1 fully saturated rings. The Morgan fingerprint density at radius 2 is 2.00 bits per heavy atom. The van der Waals surface area contributed by atoms with Crippen molar-refractivity contribution in [3.63, 3.8) is 0 Å². The number of carbonyl (C=O) groups is 4. The zero-order valence-corrected chi connectivity index (χ0v) is 8.08. The Morgan fingerprint density at radius 3 is 2.44 bits per heavy atom. The zero-order chi connectivity index (χ0) is 12.3. The Kier molecular flexibility index (Phi) is 3.56. The smallest absolute Gasteiger partial charge is 0.333 e. The van der Waals surface area contributed by atoms with Crippen molar-refractivity contribution in [1.82, 2.24) is 5.06 Å². The Morgan fingerprint density at radius 1 is 1.38 bits per heavy atom. The van der Waals surface area contributed by atoms with Crippen LogP contribution in [0.25, 0.3) is 0 Å². The van der Waals surface area contributed by atoms with E-state index in [1.54, 1.807) is 0 Å². The molecule has 1 aliphatic heterocycles. The monoisotopic (exact) mass is 231 g/mol. The molecular formula is C8H9NO7. The van der Waals surface area contributed by atoms with Gasteiger partial charge in [-0.3, -0.25) is 14.4 Å². The SMILES string of the molecule is O=C(O)CCC(=O)ON1C(=O)CC(O)C1=O. The van der Waals surface area contributed by atoms with Crippen LogP contribution in [0.15, 0.2) is 0 Å². The summed E-state index contributed by atoms with van der Waals surface area (Å²) in [6.45, 7) is 0. The standard InChI is InChI=1S/C8H9NO7/c10-4-3-5(11)9(8(4)15)16-7(14)2-1-6(12)13/h4,10H,1-3H2,(H,12,13). The van der Waals surface area contributed by atoms with E-state index >= 15 is 0 Å². The molecule has 0 spiro atoms. The fraction of sp³-hybridized carbons (Fsp3) is 0.500. The summed E-state index contributed by atoms with van der Waals surface area (Å²) < 4.78 is 0. The molecular weight excluding hydrogens is 222 g/mol. The third-order valence-electron chi connectivity index (χ3n) is 1.82. The van der Waals surface area contributed by atoms with Crippen LogP contribution < -0.4 is 0 Å². The molecule has 1 saturated heterocycles. The second kappa shape index (κ2) is 4.71. The molecule has 0 aromatic heterocycles. The van der Waals surface area contributed by atoms with Gasteiger partial charge >= 0.3 is 11.9 Å². The van der Waals surface area contributed by atoms with Crippen LogP contribution >= 0.6 is 0 Å². The molecule has 1 atom stereocenters. The maximum atomic E-state index is 11.1. The van der Waals surface area contributed by atoms with Crippen molar-refractivity contribution in [2.24, 2.45) is 0 Å². The van der Waals surface area contributed by atoms with E-state index in [9.17, 15) is 19.2 Å². The summed E-state index contributed by atoms with van der Waals surface area (Å²) in [5, 5.41) is 17.4. The molecule has 0 radical (unpaired) electrons. The van der Waals surface area contributed by atoms with Gasteiger partial charge in [-0.25, -0.2) is 4.79 Å². The number of rotatable bonds is 4. The minimum atomic E-state index is -1.50. The van der Waals surface area contributed by atoms with Gasteiger partial charge in [0.1, 0.15) is 6.10 Å². The molecule has 0 bridgehead atoms. The Bertz CT molecular complexity index is 350. The predicted molar refractivity (Wildman–Crippen MR) is 45.4 cm³/mol. The minimum absolute atomic E-state index is 0.162. The molecule has 0 aromatic carbocycles. The van der Waals surface area contributed by atoms with Crippen LogP contribution in [0.3, 0.4) is 0 Å². The molecule has 1 rings (SSSR count). The molecule has 1 aliphatic rings. The maximum absolute atomic E-state index is 11.1. The number of carboxylic acid groups (broad SMARTS) is 1. The molecule has 1 unspecified atom stereocenters. The molecule has 1 heterocycles. The average molecular weight is 231 g/mol. The number of carboxylic acids is 1. The van der Waals surface area contributed by atoms with Crippen LogP contribution in [0.5, 0.6) is 0 Å².